The number of fused-ring (bicyclic) bond motifs is 1. The monoisotopic (exact) mass is 264 g/mol. The van der Waals surface area contributed by atoms with Crippen molar-refractivity contribution in [3.63, 3.8) is 0 Å². The number of hydrogen-bond donors (Lipinski definition) is 1. The molecule has 1 saturated heterocycles. The summed E-state index contributed by atoms with van der Waals surface area (Å²) < 4.78 is 0. The lowest BCUT2D eigenvalue weighted by molar-refractivity contribution is -0.140. The summed E-state index contributed by atoms with van der Waals surface area (Å²) in [6, 6.07) is 0.0734. The van der Waals surface area contributed by atoms with Crippen molar-refractivity contribution in [1.82, 2.24) is 10.2 Å². The van der Waals surface area contributed by atoms with Crippen molar-refractivity contribution in [2.45, 2.75) is 39.2 Å². The molecule has 104 valence electrons. The Labute approximate surface area is 113 Å². The second-order valence-corrected chi connectivity index (χ2v) is 5.46. The topological polar surface area (TPSA) is 66.5 Å². The Morgan fingerprint density at radius 2 is 1.79 bits per heavy atom. The van der Waals surface area contributed by atoms with Gasteiger partial charge in [0.1, 0.15) is 0 Å². The highest BCUT2D eigenvalue weighted by atomic mass is 16.2. The van der Waals surface area contributed by atoms with Gasteiger partial charge in [-0.15, -0.1) is 0 Å². The highest BCUT2D eigenvalue weighted by Crippen LogP contribution is 2.34. The third-order valence-corrected chi connectivity index (χ3v) is 3.61. The first-order valence-corrected chi connectivity index (χ1v) is 6.80. The van der Waals surface area contributed by atoms with E-state index in [0.717, 1.165) is 0 Å². The Kier molecular flexibility index (Phi) is 4.02. The molecule has 1 N–H and O–H groups in total. The van der Waals surface area contributed by atoms with Gasteiger partial charge >= 0.3 is 0 Å². The number of carbonyl (C=O) groups excluding carboxylic acids is 3. The molecule has 0 aromatic heterocycles. The number of likely N-dealkylation sites (tertiary alicyclic amines) is 1. The largest absolute Gasteiger partial charge is 0.354 e. The smallest absolute Gasteiger partial charge is 0.233 e. The van der Waals surface area contributed by atoms with Gasteiger partial charge in [-0.25, -0.2) is 0 Å². The van der Waals surface area contributed by atoms with Gasteiger partial charge in [-0.1, -0.05) is 12.2 Å². The predicted molar refractivity (Wildman–Crippen MR) is 70.0 cm³/mol. The molecule has 1 heterocycles. The maximum absolute atomic E-state index is 12.1. The van der Waals surface area contributed by atoms with Crippen molar-refractivity contribution in [2.24, 2.45) is 11.8 Å². The first-order chi connectivity index (χ1) is 9.00. The maximum Gasteiger partial charge on any atom is 0.233 e. The zero-order valence-corrected chi connectivity index (χ0v) is 11.4. The molecule has 2 atom stereocenters. The molecule has 0 saturated carbocycles. The molecular formula is C14H20N2O3. The molecule has 0 spiro atoms. The molecule has 19 heavy (non-hydrogen) atoms. The Morgan fingerprint density at radius 1 is 1.26 bits per heavy atom. The second kappa shape index (κ2) is 5.55. The number of nitrogens with one attached hydrogen (secondary N) is 1. The molecule has 0 radical (unpaired) electrons. The van der Waals surface area contributed by atoms with E-state index in [4.69, 9.17) is 0 Å². The fraction of sp³-hybridized carbons (Fsp3) is 0.643. The van der Waals surface area contributed by atoms with Crippen LogP contribution in [0.1, 0.15) is 33.1 Å². The number of rotatable bonds is 4. The van der Waals surface area contributed by atoms with Crippen LogP contribution in [0.15, 0.2) is 12.2 Å². The van der Waals surface area contributed by atoms with E-state index in [-0.39, 0.29) is 48.6 Å². The van der Waals surface area contributed by atoms with Gasteiger partial charge in [0.15, 0.2) is 0 Å². The van der Waals surface area contributed by atoms with Crippen molar-refractivity contribution < 1.29 is 14.4 Å². The summed E-state index contributed by atoms with van der Waals surface area (Å²) >= 11 is 0. The van der Waals surface area contributed by atoms with E-state index in [9.17, 15) is 14.4 Å². The minimum absolute atomic E-state index is 0.0734. The third-order valence-electron chi connectivity index (χ3n) is 3.61. The van der Waals surface area contributed by atoms with Gasteiger partial charge in [0.2, 0.25) is 17.7 Å². The molecule has 5 heteroatoms. The second-order valence-electron chi connectivity index (χ2n) is 5.46. The molecule has 1 aliphatic carbocycles. The van der Waals surface area contributed by atoms with Crippen LogP contribution in [0.4, 0.5) is 0 Å². The number of allylic oxidation sites excluding steroid dienone is 2. The van der Waals surface area contributed by atoms with Crippen molar-refractivity contribution in [3.8, 4) is 0 Å². The average molecular weight is 264 g/mol. The van der Waals surface area contributed by atoms with E-state index in [1.807, 2.05) is 26.0 Å². The van der Waals surface area contributed by atoms with Crippen molar-refractivity contribution in [1.29, 1.82) is 0 Å². The van der Waals surface area contributed by atoms with Gasteiger partial charge in [0, 0.05) is 19.0 Å². The van der Waals surface area contributed by atoms with Crippen LogP contribution in [0.25, 0.3) is 0 Å². The molecule has 0 aromatic carbocycles. The first kappa shape index (κ1) is 13.8. The highest BCUT2D eigenvalue weighted by Gasteiger charge is 2.46. The van der Waals surface area contributed by atoms with Crippen LogP contribution in [0.5, 0.6) is 0 Å². The van der Waals surface area contributed by atoms with Gasteiger partial charge < -0.3 is 5.32 Å². The van der Waals surface area contributed by atoms with Crippen LogP contribution >= 0.6 is 0 Å². The number of carbonyl (C=O) groups is 3. The highest BCUT2D eigenvalue weighted by molar-refractivity contribution is 6.05. The lowest BCUT2D eigenvalue weighted by Gasteiger charge is -2.15. The summed E-state index contributed by atoms with van der Waals surface area (Å²) in [5, 5.41) is 2.76. The fourth-order valence-electron chi connectivity index (χ4n) is 2.70. The van der Waals surface area contributed by atoms with E-state index >= 15 is 0 Å². The molecule has 1 fully saturated rings. The Hall–Kier alpha value is -1.65. The lowest BCUT2D eigenvalue weighted by atomic mass is 9.85. The van der Waals surface area contributed by atoms with Gasteiger partial charge in [-0.05, 0) is 26.7 Å². The molecule has 2 rings (SSSR count). The SMILES string of the molecule is CC(C)NC(=O)CCN1C(=O)[C@H]2CC=CC[C@@H]2C1=O. The fourth-order valence-corrected chi connectivity index (χ4v) is 2.70. The quantitative estimate of drug-likeness (QED) is 0.605. The number of hydrogen-bond acceptors (Lipinski definition) is 3. The van der Waals surface area contributed by atoms with E-state index in [1.54, 1.807) is 0 Å². The number of amides is 3. The summed E-state index contributed by atoms with van der Waals surface area (Å²) in [5.74, 6) is -0.756. The minimum Gasteiger partial charge on any atom is -0.354 e. The van der Waals surface area contributed by atoms with E-state index in [0.29, 0.717) is 12.8 Å². The molecule has 3 amide bonds. The standard InChI is InChI=1S/C14H20N2O3/c1-9(2)15-12(17)7-8-16-13(18)10-5-3-4-6-11(10)14(16)19/h3-4,9-11H,5-8H2,1-2H3,(H,15,17)/t10-,11-/m0/s1. The summed E-state index contributed by atoms with van der Waals surface area (Å²) in [6.07, 6.45) is 5.39. The van der Waals surface area contributed by atoms with E-state index in [2.05, 4.69) is 5.32 Å². The van der Waals surface area contributed by atoms with Gasteiger partial charge in [0.05, 0.1) is 11.8 Å². The zero-order chi connectivity index (χ0) is 14.0. The van der Waals surface area contributed by atoms with Crippen LogP contribution in [-0.2, 0) is 14.4 Å². The van der Waals surface area contributed by atoms with Crippen molar-refractivity contribution in [2.75, 3.05) is 6.54 Å². The Balaban J connectivity index is 1.93. The molecule has 1 aliphatic heterocycles. The summed E-state index contributed by atoms with van der Waals surface area (Å²) in [6.45, 7) is 3.96. The molecule has 5 nitrogen and oxygen atoms in total. The summed E-state index contributed by atoms with van der Waals surface area (Å²) in [7, 11) is 0. The van der Waals surface area contributed by atoms with Crippen LogP contribution in [0, 0.1) is 11.8 Å². The van der Waals surface area contributed by atoms with E-state index in [1.165, 1.54) is 4.90 Å². The molecule has 0 bridgehead atoms. The van der Waals surface area contributed by atoms with Crippen LogP contribution in [-0.4, -0.2) is 35.2 Å². The minimum atomic E-state index is -0.203. The van der Waals surface area contributed by atoms with Crippen LogP contribution in [0.2, 0.25) is 0 Å². The molecule has 2 aliphatic rings. The Bertz CT molecular complexity index is 402. The number of imide groups is 1. The van der Waals surface area contributed by atoms with Crippen LogP contribution in [0.3, 0.4) is 0 Å². The molecule has 0 unspecified atom stereocenters. The van der Waals surface area contributed by atoms with Gasteiger partial charge in [-0.3, -0.25) is 19.3 Å². The normalized spacial score (nSPS) is 25.9. The summed E-state index contributed by atoms with van der Waals surface area (Å²) in [5.41, 5.74) is 0. The van der Waals surface area contributed by atoms with Gasteiger partial charge in [-0.2, -0.15) is 0 Å². The lowest BCUT2D eigenvalue weighted by Crippen LogP contribution is -2.37. The van der Waals surface area contributed by atoms with Gasteiger partial charge in [0.25, 0.3) is 0 Å². The van der Waals surface area contributed by atoms with Crippen molar-refractivity contribution in [3.05, 3.63) is 12.2 Å². The Morgan fingerprint density at radius 3 is 2.26 bits per heavy atom. The number of nitrogens with zero attached hydrogens (tertiary/aromatic N) is 1. The summed E-state index contributed by atoms with van der Waals surface area (Å²) in [4.78, 5) is 37.1. The zero-order valence-electron chi connectivity index (χ0n) is 11.4. The average Bonchev–Trinajstić information content (AvgIpc) is 2.60. The first-order valence-electron chi connectivity index (χ1n) is 6.80. The van der Waals surface area contributed by atoms with Crippen LogP contribution < -0.4 is 5.32 Å². The molecule has 0 aromatic rings. The molecular weight excluding hydrogens is 244 g/mol. The third kappa shape index (κ3) is 2.85. The van der Waals surface area contributed by atoms with E-state index < -0.39 is 0 Å². The maximum atomic E-state index is 12.1. The predicted octanol–water partition coefficient (Wildman–Crippen LogP) is 0.852. The van der Waals surface area contributed by atoms with Crippen molar-refractivity contribution >= 4 is 17.7 Å².